The SMILES string of the molecule is CC(C(=O)N(Cc1ccccc1)C(CO)C(=O)O)N(C)C(=O)OC(C)(C)C. The Balaban J connectivity index is 3.07. The number of ether oxygens (including phenoxy) is 1. The Bertz CT molecular complexity index is 656. The van der Waals surface area contributed by atoms with Crippen molar-refractivity contribution < 1.29 is 29.3 Å². The minimum atomic E-state index is -1.42. The summed E-state index contributed by atoms with van der Waals surface area (Å²) >= 11 is 0. The Morgan fingerprint density at radius 2 is 1.70 bits per heavy atom. The number of aliphatic hydroxyl groups is 1. The molecule has 150 valence electrons. The first-order chi connectivity index (χ1) is 12.5. The molecule has 0 aliphatic carbocycles. The van der Waals surface area contributed by atoms with Gasteiger partial charge in [0.1, 0.15) is 11.6 Å². The molecule has 2 atom stereocenters. The first kappa shape index (κ1) is 22.4. The molecular weight excluding hydrogens is 352 g/mol. The molecule has 0 radical (unpaired) electrons. The normalized spacial score (nSPS) is 13.4. The number of rotatable bonds is 7. The number of carboxylic acids is 1. The van der Waals surface area contributed by atoms with E-state index < -0.39 is 42.3 Å². The van der Waals surface area contributed by atoms with E-state index in [1.807, 2.05) is 0 Å². The smallest absolute Gasteiger partial charge is 0.410 e. The van der Waals surface area contributed by atoms with Crippen LogP contribution in [0.3, 0.4) is 0 Å². The molecule has 0 saturated heterocycles. The van der Waals surface area contributed by atoms with Crippen LogP contribution in [0.2, 0.25) is 0 Å². The third-order valence-corrected chi connectivity index (χ3v) is 3.93. The number of benzene rings is 1. The van der Waals surface area contributed by atoms with Gasteiger partial charge in [0.15, 0.2) is 6.04 Å². The molecule has 2 N–H and O–H groups in total. The number of amides is 2. The summed E-state index contributed by atoms with van der Waals surface area (Å²) < 4.78 is 5.25. The van der Waals surface area contributed by atoms with Gasteiger partial charge in [-0.3, -0.25) is 9.69 Å². The van der Waals surface area contributed by atoms with Crippen molar-refractivity contribution in [1.82, 2.24) is 9.80 Å². The Morgan fingerprint density at radius 1 is 1.15 bits per heavy atom. The minimum Gasteiger partial charge on any atom is -0.480 e. The van der Waals surface area contributed by atoms with Gasteiger partial charge in [0, 0.05) is 13.6 Å². The maximum absolute atomic E-state index is 13.0. The van der Waals surface area contributed by atoms with Gasteiger partial charge in [0.2, 0.25) is 5.91 Å². The number of hydrogen-bond acceptors (Lipinski definition) is 5. The zero-order valence-corrected chi connectivity index (χ0v) is 16.4. The quantitative estimate of drug-likeness (QED) is 0.746. The highest BCUT2D eigenvalue weighted by atomic mass is 16.6. The molecule has 0 aromatic heterocycles. The van der Waals surface area contributed by atoms with Crippen molar-refractivity contribution in [3.63, 3.8) is 0 Å². The average Bonchev–Trinajstić information content (AvgIpc) is 2.58. The standard InChI is InChI=1S/C19H28N2O6/c1-13(20(5)18(26)27-19(2,3)4)16(23)21(15(12-22)17(24)25)11-14-9-7-6-8-10-14/h6-10,13,15,22H,11-12H2,1-5H3,(H,24,25). The Morgan fingerprint density at radius 3 is 2.15 bits per heavy atom. The molecule has 0 bridgehead atoms. The van der Waals surface area contributed by atoms with Crippen LogP contribution in [0.5, 0.6) is 0 Å². The second-order valence-electron chi connectivity index (χ2n) is 7.26. The van der Waals surface area contributed by atoms with Gasteiger partial charge in [0.05, 0.1) is 6.61 Å². The fourth-order valence-electron chi connectivity index (χ4n) is 2.33. The predicted molar refractivity (Wildman–Crippen MR) is 99.0 cm³/mol. The fraction of sp³-hybridized carbons (Fsp3) is 0.526. The molecule has 0 saturated carbocycles. The molecule has 1 rings (SSSR count). The third kappa shape index (κ3) is 6.56. The molecule has 1 aromatic carbocycles. The van der Waals surface area contributed by atoms with E-state index in [0.717, 1.165) is 9.80 Å². The van der Waals surface area contributed by atoms with Gasteiger partial charge >= 0.3 is 12.1 Å². The highest BCUT2D eigenvalue weighted by Gasteiger charge is 2.35. The number of likely N-dealkylation sites (N-methyl/N-ethyl adjacent to an activating group) is 1. The van der Waals surface area contributed by atoms with E-state index in [0.29, 0.717) is 5.56 Å². The monoisotopic (exact) mass is 380 g/mol. The number of aliphatic hydroxyl groups excluding tert-OH is 1. The summed E-state index contributed by atoms with van der Waals surface area (Å²) in [6.07, 6.45) is -0.695. The molecule has 27 heavy (non-hydrogen) atoms. The highest BCUT2D eigenvalue weighted by Crippen LogP contribution is 2.15. The van der Waals surface area contributed by atoms with Crippen molar-refractivity contribution in [2.75, 3.05) is 13.7 Å². The molecule has 2 amide bonds. The van der Waals surface area contributed by atoms with E-state index >= 15 is 0 Å². The van der Waals surface area contributed by atoms with Gasteiger partial charge in [-0.2, -0.15) is 0 Å². The average molecular weight is 380 g/mol. The lowest BCUT2D eigenvalue weighted by Gasteiger charge is -2.34. The molecule has 0 aliphatic heterocycles. The van der Waals surface area contributed by atoms with Crippen molar-refractivity contribution in [2.45, 2.75) is 51.9 Å². The van der Waals surface area contributed by atoms with E-state index in [1.54, 1.807) is 51.1 Å². The second kappa shape index (κ2) is 9.36. The van der Waals surface area contributed by atoms with Crippen LogP contribution < -0.4 is 0 Å². The van der Waals surface area contributed by atoms with Crippen LogP contribution in [0.4, 0.5) is 4.79 Å². The minimum absolute atomic E-state index is 0.0102. The summed E-state index contributed by atoms with van der Waals surface area (Å²) in [7, 11) is 1.41. The van der Waals surface area contributed by atoms with E-state index in [1.165, 1.54) is 14.0 Å². The number of carbonyl (C=O) groups is 3. The maximum atomic E-state index is 13.0. The van der Waals surface area contributed by atoms with E-state index in [2.05, 4.69) is 0 Å². The van der Waals surface area contributed by atoms with E-state index in [9.17, 15) is 24.6 Å². The van der Waals surface area contributed by atoms with Gasteiger partial charge in [0.25, 0.3) is 0 Å². The number of nitrogens with zero attached hydrogens (tertiary/aromatic N) is 2. The van der Waals surface area contributed by atoms with Crippen molar-refractivity contribution in [3.8, 4) is 0 Å². The first-order valence-corrected chi connectivity index (χ1v) is 8.61. The Kier molecular flexibility index (Phi) is 7.78. The summed E-state index contributed by atoms with van der Waals surface area (Å²) in [6.45, 7) is 5.86. The van der Waals surface area contributed by atoms with Crippen LogP contribution >= 0.6 is 0 Å². The fourth-order valence-corrected chi connectivity index (χ4v) is 2.33. The van der Waals surface area contributed by atoms with Crippen LogP contribution in [-0.4, -0.2) is 69.3 Å². The van der Waals surface area contributed by atoms with Gasteiger partial charge in [-0.25, -0.2) is 9.59 Å². The van der Waals surface area contributed by atoms with Crippen LogP contribution in [0.1, 0.15) is 33.3 Å². The van der Waals surface area contributed by atoms with Gasteiger partial charge < -0.3 is 19.8 Å². The second-order valence-corrected chi connectivity index (χ2v) is 7.26. The summed E-state index contributed by atoms with van der Waals surface area (Å²) in [5, 5.41) is 18.9. The molecule has 0 heterocycles. The molecule has 1 aromatic rings. The van der Waals surface area contributed by atoms with E-state index in [4.69, 9.17) is 4.74 Å². The van der Waals surface area contributed by atoms with Crippen molar-refractivity contribution >= 4 is 18.0 Å². The van der Waals surface area contributed by atoms with E-state index in [-0.39, 0.29) is 6.54 Å². The zero-order valence-electron chi connectivity index (χ0n) is 16.4. The molecule has 0 fully saturated rings. The summed E-state index contributed by atoms with van der Waals surface area (Å²) in [4.78, 5) is 38.9. The van der Waals surface area contributed by atoms with Gasteiger partial charge in [-0.05, 0) is 33.3 Å². The lowest BCUT2D eigenvalue weighted by molar-refractivity contribution is -0.154. The number of aliphatic carboxylic acids is 1. The Labute approximate surface area is 159 Å². The van der Waals surface area contributed by atoms with Crippen molar-refractivity contribution in [3.05, 3.63) is 35.9 Å². The highest BCUT2D eigenvalue weighted by molar-refractivity contribution is 5.89. The zero-order chi connectivity index (χ0) is 20.8. The molecule has 0 spiro atoms. The third-order valence-electron chi connectivity index (χ3n) is 3.93. The number of carbonyl (C=O) groups excluding carboxylic acids is 2. The van der Waals surface area contributed by atoms with Crippen LogP contribution in [0.15, 0.2) is 30.3 Å². The molecular formula is C19H28N2O6. The molecule has 0 aliphatic rings. The van der Waals surface area contributed by atoms with Crippen LogP contribution in [-0.2, 0) is 20.9 Å². The van der Waals surface area contributed by atoms with Crippen LogP contribution in [0.25, 0.3) is 0 Å². The van der Waals surface area contributed by atoms with Gasteiger partial charge in [-0.15, -0.1) is 0 Å². The number of carboxylic acid groups (broad SMARTS) is 1. The van der Waals surface area contributed by atoms with Crippen molar-refractivity contribution in [1.29, 1.82) is 0 Å². The Hall–Kier alpha value is -2.61. The number of hydrogen-bond donors (Lipinski definition) is 2. The topological polar surface area (TPSA) is 107 Å². The maximum Gasteiger partial charge on any atom is 0.410 e. The summed E-state index contributed by atoms with van der Waals surface area (Å²) in [5.74, 6) is -1.93. The lowest BCUT2D eigenvalue weighted by Crippen LogP contribution is -2.54. The molecule has 2 unspecified atom stereocenters. The predicted octanol–water partition coefficient (Wildman–Crippen LogP) is 1.72. The molecule has 8 nitrogen and oxygen atoms in total. The first-order valence-electron chi connectivity index (χ1n) is 8.61. The summed E-state index contributed by atoms with van der Waals surface area (Å²) in [6, 6.07) is 6.43. The lowest BCUT2D eigenvalue weighted by atomic mass is 10.1. The van der Waals surface area contributed by atoms with Crippen molar-refractivity contribution in [2.24, 2.45) is 0 Å². The largest absolute Gasteiger partial charge is 0.480 e. The van der Waals surface area contributed by atoms with Gasteiger partial charge in [-0.1, -0.05) is 30.3 Å². The van der Waals surface area contributed by atoms with Crippen LogP contribution in [0, 0.1) is 0 Å². The summed E-state index contributed by atoms with van der Waals surface area (Å²) in [5.41, 5.74) is -0.0235. The molecule has 8 heteroatoms.